The molecule has 3 heterocycles. The molecule has 1 aliphatic rings. The van der Waals surface area contributed by atoms with E-state index in [0.29, 0.717) is 41.1 Å². The molecule has 0 bridgehead atoms. The Hall–Kier alpha value is -4.39. The maximum Gasteiger partial charge on any atom is 0.416 e. The number of anilines is 4. The molecule has 1 fully saturated rings. The van der Waals surface area contributed by atoms with Gasteiger partial charge < -0.3 is 26.4 Å². The van der Waals surface area contributed by atoms with Crippen molar-refractivity contribution in [3.63, 3.8) is 0 Å². The average Bonchev–Trinajstić information content (AvgIpc) is 3.20. The summed E-state index contributed by atoms with van der Waals surface area (Å²) in [7, 11) is 1.72. The Balaban J connectivity index is 1.39. The first-order chi connectivity index (χ1) is 18.6. The number of ether oxygens (including phenoxy) is 1. The highest BCUT2D eigenvalue weighted by atomic mass is 19.4. The van der Waals surface area contributed by atoms with Crippen molar-refractivity contribution >= 4 is 40.1 Å². The fourth-order valence-electron chi connectivity index (χ4n) is 4.38. The summed E-state index contributed by atoms with van der Waals surface area (Å²) in [5.74, 6) is -0.0789. The monoisotopic (exact) mass is 540 g/mol. The zero-order chi connectivity index (χ0) is 27.7. The molecule has 1 aliphatic heterocycles. The van der Waals surface area contributed by atoms with Crippen LogP contribution in [0.1, 0.15) is 34.3 Å². The minimum atomic E-state index is -4.64. The van der Waals surface area contributed by atoms with E-state index in [4.69, 9.17) is 10.5 Å². The maximum atomic E-state index is 13.6. The highest BCUT2D eigenvalue weighted by Crippen LogP contribution is 2.34. The van der Waals surface area contributed by atoms with Crippen molar-refractivity contribution in [3.05, 3.63) is 59.3 Å². The van der Waals surface area contributed by atoms with Crippen LogP contribution in [0.4, 0.5) is 36.3 Å². The smallest absolute Gasteiger partial charge is 0.416 e. The summed E-state index contributed by atoms with van der Waals surface area (Å²) in [6, 6.07) is 8.21. The van der Waals surface area contributed by atoms with E-state index in [0.717, 1.165) is 30.8 Å². The number of rotatable bonds is 6. The van der Waals surface area contributed by atoms with E-state index >= 15 is 0 Å². The van der Waals surface area contributed by atoms with Crippen molar-refractivity contribution in [3.8, 4) is 5.75 Å². The largest absolute Gasteiger partial charge is 0.490 e. The van der Waals surface area contributed by atoms with Crippen LogP contribution < -0.4 is 26.4 Å². The fourth-order valence-corrected chi connectivity index (χ4v) is 4.38. The number of hydrogen-bond donors (Lipinski definition) is 4. The van der Waals surface area contributed by atoms with E-state index in [1.807, 2.05) is 6.92 Å². The van der Waals surface area contributed by atoms with E-state index in [-0.39, 0.29) is 23.4 Å². The Morgan fingerprint density at radius 2 is 1.95 bits per heavy atom. The number of carbonyl (C=O) groups excluding carboxylic acids is 1. The van der Waals surface area contributed by atoms with E-state index in [9.17, 15) is 18.0 Å². The predicted octanol–water partition coefficient (Wildman–Crippen LogP) is 4.40. The maximum absolute atomic E-state index is 13.6. The van der Waals surface area contributed by atoms with Crippen LogP contribution in [0.5, 0.6) is 5.75 Å². The number of nitrogen functional groups attached to an aromatic ring is 1. The minimum absolute atomic E-state index is 0.0121. The van der Waals surface area contributed by atoms with Gasteiger partial charge in [-0.2, -0.15) is 23.3 Å². The Morgan fingerprint density at radius 1 is 1.18 bits per heavy atom. The van der Waals surface area contributed by atoms with Gasteiger partial charge in [0.25, 0.3) is 5.91 Å². The van der Waals surface area contributed by atoms with Crippen LogP contribution in [0.25, 0.3) is 11.0 Å². The van der Waals surface area contributed by atoms with Gasteiger partial charge in [-0.1, -0.05) is 6.07 Å². The summed E-state index contributed by atoms with van der Waals surface area (Å²) < 4.78 is 48.3. The zero-order valence-electron chi connectivity index (χ0n) is 21.3. The lowest BCUT2D eigenvalue weighted by Crippen LogP contribution is -2.34. The van der Waals surface area contributed by atoms with Crippen LogP contribution >= 0.6 is 0 Å². The van der Waals surface area contributed by atoms with Crippen LogP contribution in [0.2, 0.25) is 0 Å². The van der Waals surface area contributed by atoms with Gasteiger partial charge in [0.1, 0.15) is 11.9 Å². The van der Waals surface area contributed by atoms with Gasteiger partial charge in [-0.25, -0.2) is 9.67 Å². The van der Waals surface area contributed by atoms with Crippen molar-refractivity contribution in [1.82, 2.24) is 25.1 Å². The topological polar surface area (TPSA) is 132 Å². The van der Waals surface area contributed by atoms with E-state index in [1.165, 1.54) is 6.07 Å². The molecule has 2 aromatic heterocycles. The number of amides is 1. The minimum Gasteiger partial charge on any atom is -0.490 e. The lowest BCUT2D eigenvalue weighted by Gasteiger charge is -2.24. The first-order valence-electron chi connectivity index (χ1n) is 12.3. The molecule has 0 unspecified atom stereocenters. The van der Waals surface area contributed by atoms with E-state index in [2.05, 4.69) is 31.0 Å². The van der Waals surface area contributed by atoms with Gasteiger partial charge >= 0.3 is 6.18 Å². The molecule has 13 heteroatoms. The third-order valence-electron chi connectivity index (χ3n) is 6.43. The molecule has 5 rings (SSSR count). The number of piperidine rings is 1. The van der Waals surface area contributed by atoms with Crippen LogP contribution in [-0.2, 0) is 13.2 Å². The molecule has 10 nitrogen and oxygen atoms in total. The molecular formula is C26H27F3N8O2. The molecule has 0 spiro atoms. The fraction of sp³-hybridized carbons (Fsp3) is 0.308. The van der Waals surface area contributed by atoms with Gasteiger partial charge in [0.15, 0.2) is 11.5 Å². The zero-order valence-corrected chi connectivity index (χ0v) is 21.3. The second-order valence-corrected chi connectivity index (χ2v) is 9.36. The summed E-state index contributed by atoms with van der Waals surface area (Å²) in [4.78, 5) is 21.3. The van der Waals surface area contributed by atoms with Gasteiger partial charge in [-0.15, -0.1) is 0 Å². The van der Waals surface area contributed by atoms with Crippen LogP contribution in [0, 0.1) is 6.92 Å². The number of aryl methyl sites for hydroxylation is 2. The second-order valence-electron chi connectivity index (χ2n) is 9.36. The number of nitrogens with two attached hydrogens (primary N) is 1. The second kappa shape index (κ2) is 10.4. The van der Waals surface area contributed by atoms with Gasteiger partial charge in [-0.05, 0) is 68.8 Å². The molecular weight excluding hydrogens is 513 g/mol. The van der Waals surface area contributed by atoms with E-state index in [1.54, 1.807) is 36.1 Å². The molecule has 5 N–H and O–H groups in total. The van der Waals surface area contributed by atoms with Gasteiger partial charge in [-0.3, -0.25) is 4.79 Å². The number of nitrogens with one attached hydrogen (secondary N) is 3. The van der Waals surface area contributed by atoms with Crippen molar-refractivity contribution in [2.24, 2.45) is 7.05 Å². The highest BCUT2D eigenvalue weighted by molar-refractivity contribution is 6.05. The van der Waals surface area contributed by atoms with Gasteiger partial charge in [0.05, 0.1) is 10.9 Å². The molecule has 1 saturated heterocycles. The van der Waals surface area contributed by atoms with Crippen molar-refractivity contribution in [1.29, 1.82) is 0 Å². The highest BCUT2D eigenvalue weighted by Gasteiger charge is 2.32. The van der Waals surface area contributed by atoms with Gasteiger partial charge in [0, 0.05) is 30.2 Å². The molecule has 39 heavy (non-hydrogen) atoms. The average molecular weight is 541 g/mol. The summed E-state index contributed by atoms with van der Waals surface area (Å²) >= 11 is 0. The molecule has 0 aliphatic carbocycles. The Morgan fingerprint density at radius 3 is 2.69 bits per heavy atom. The lowest BCUT2D eigenvalue weighted by atomic mass is 10.1. The Bertz CT molecular complexity index is 1530. The number of aromatic nitrogens is 4. The molecule has 0 radical (unpaired) electrons. The van der Waals surface area contributed by atoms with Gasteiger partial charge in [0.2, 0.25) is 5.95 Å². The number of alkyl halides is 3. The van der Waals surface area contributed by atoms with Crippen LogP contribution in [-0.4, -0.2) is 44.8 Å². The SMILES string of the molecule is Cc1ccc(NC(=O)c2cc(OC3CCNCC3)cc(C(F)(F)F)c2)cc1Nc1nn(C)c2nc(N)ncc12. The molecule has 2 aromatic carbocycles. The van der Waals surface area contributed by atoms with Crippen LogP contribution in [0.15, 0.2) is 42.6 Å². The number of hydrogen-bond acceptors (Lipinski definition) is 8. The summed E-state index contributed by atoms with van der Waals surface area (Å²) in [5, 5.41) is 14.2. The predicted molar refractivity (Wildman–Crippen MR) is 141 cm³/mol. The number of fused-ring (bicyclic) bond motifs is 1. The standard InChI is InChI=1S/C26H27F3N8O2/c1-14-3-4-17(12-21(14)34-22-20-13-32-25(30)35-23(20)37(2)36-22)33-24(38)15-9-16(26(27,28)29)11-19(10-15)39-18-5-7-31-8-6-18/h3-4,9-13,18,31H,5-8H2,1-2H3,(H,33,38)(H,34,36)(H2,30,32,35). The summed E-state index contributed by atoms with van der Waals surface area (Å²) in [6.07, 6.45) is -1.96. The molecule has 0 atom stereocenters. The number of halogens is 3. The quantitative estimate of drug-likeness (QED) is 0.283. The summed E-state index contributed by atoms with van der Waals surface area (Å²) in [6.45, 7) is 3.30. The van der Waals surface area contributed by atoms with Crippen molar-refractivity contribution in [2.45, 2.75) is 32.0 Å². The lowest BCUT2D eigenvalue weighted by molar-refractivity contribution is -0.137. The van der Waals surface area contributed by atoms with E-state index < -0.39 is 17.6 Å². The van der Waals surface area contributed by atoms with Crippen molar-refractivity contribution in [2.75, 3.05) is 29.5 Å². The first kappa shape index (κ1) is 26.2. The Labute approximate surface area is 221 Å². The third-order valence-corrected chi connectivity index (χ3v) is 6.43. The molecule has 204 valence electrons. The summed E-state index contributed by atoms with van der Waals surface area (Å²) in [5.41, 5.74) is 6.98. The van der Waals surface area contributed by atoms with Crippen molar-refractivity contribution < 1.29 is 22.7 Å². The number of benzene rings is 2. The normalized spacial score (nSPS) is 14.4. The number of carbonyl (C=O) groups is 1. The molecule has 1 amide bonds. The van der Waals surface area contributed by atoms with Crippen LogP contribution in [0.3, 0.4) is 0 Å². The Kier molecular flexibility index (Phi) is 7.00. The first-order valence-corrected chi connectivity index (χ1v) is 12.3. The molecule has 4 aromatic rings. The third kappa shape index (κ3) is 5.87. The molecule has 0 saturated carbocycles. The number of nitrogens with zero attached hydrogens (tertiary/aromatic N) is 4.